The van der Waals surface area contributed by atoms with E-state index >= 15 is 0 Å². The number of nitrogens with one attached hydrogen (secondary N) is 1. The summed E-state index contributed by atoms with van der Waals surface area (Å²) in [5.74, 6) is 0. The van der Waals surface area contributed by atoms with Crippen LogP contribution >= 0.6 is 11.3 Å². The second-order valence-electron chi connectivity index (χ2n) is 3.97. The standard InChI is InChI=1S/C12H15N3OS/c1-4-5-13-12-15-11(16)10-8(3)14-7(2)6-9(10)17-12/h6H,4-5H2,1-3H3,(H,13,15,16). The highest BCUT2D eigenvalue weighted by molar-refractivity contribution is 7.21. The van der Waals surface area contributed by atoms with Crippen molar-refractivity contribution in [2.24, 2.45) is 0 Å². The third kappa shape index (κ3) is 2.44. The highest BCUT2D eigenvalue weighted by Crippen LogP contribution is 2.22. The fourth-order valence-corrected chi connectivity index (χ4v) is 2.79. The van der Waals surface area contributed by atoms with Gasteiger partial charge in [0, 0.05) is 16.9 Å². The third-order valence-electron chi connectivity index (χ3n) is 2.44. The summed E-state index contributed by atoms with van der Waals surface area (Å²) in [6.45, 7) is 6.69. The van der Waals surface area contributed by atoms with Gasteiger partial charge in [-0.25, -0.2) is 0 Å². The van der Waals surface area contributed by atoms with Gasteiger partial charge in [0.25, 0.3) is 5.56 Å². The molecule has 2 rings (SSSR count). The van der Waals surface area contributed by atoms with E-state index in [2.05, 4.69) is 22.2 Å². The second kappa shape index (κ2) is 4.79. The zero-order valence-electron chi connectivity index (χ0n) is 10.2. The van der Waals surface area contributed by atoms with E-state index in [4.69, 9.17) is 0 Å². The first-order valence-corrected chi connectivity index (χ1v) is 6.46. The number of hydrogen-bond acceptors (Lipinski definition) is 5. The molecule has 2 aromatic rings. The van der Waals surface area contributed by atoms with Crippen LogP contribution in [0.1, 0.15) is 24.7 Å². The number of fused-ring (bicyclic) bond motifs is 1. The Morgan fingerprint density at radius 2 is 2.12 bits per heavy atom. The Hall–Kier alpha value is -1.49. The number of hydrogen-bond donors (Lipinski definition) is 1. The average Bonchev–Trinajstić information content (AvgIpc) is 2.24. The van der Waals surface area contributed by atoms with Crippen LogP contribution < -0.4 is 10.9 Å². The molecule has 0 fully saturated rings. The highest BCUT2D eigenvalue weighted by Gasteiger charge is 2.08. The molecule has 0 saturated carbocycles. The van der Waals surface area contributed by atoms with E-state index in [9.17, 15) is 4.79 Å². The summed E-state index contributed by atoms with van der Waals surface area (Å²) in [4.78, 5) is 20.3. The van der Waals surface area contributed by atoms with E-state index in [1.165, 1.54) is 11.3 Å². The van der Waals surface area contributed by atoms with Crippen molar-refractivity contribution in [1.82, 2.24) is 9.97 Å². The molecule has 2 heterocycles. The van der Waals surface area contributed by atoms with Crippen LogP contribution in [0.3, 0.4) is 0 Å². The van der Waals surface area contributed by atoms with E-state index in [0.29, 0.717) is 10.5 Å². The summed E-state index contributed by atoms with van der Waals surface area (Å²) >= 11 is 1.51. The summed E-state index contributed by atoms with van der Waals surface area (Å²) in [7, 11) is 0. The first-order chi connectivity index (χ1) is 8.11. The SMILES string of the molecule is CCCNc1nc(=O)c2c(C)nc(C)cc2s1. The van der Waals surface area contributed by atoms with Crippen molar-refractivity contribution in [2.75, 3.05) is 11.9 Å². The van der Waals surface area contributed by atoms with Crippen molar-refractivity contribution in [1.29, 1.82) is 0 Å². The van der Waals surface area contributed by atoms with Crippen LogP contribution in [0.25, 0.3) is 10.1 Å². The maximum Gasteiger partial charge on any atom is 0.282 e. The molecule has 0 unspecified atom stereocenters. The molecular formula is C12H15N3OS. The first-order valence-electron chi connectivity index (χ1n) is 5.64. The highest BCUT2D eigenvalue weighted by atomic mass is 32.1. The lowest BCUT2D eigenvalue weighted by molar-refractivity contribution is 0.973. The van der Waals surface area contributed by atoms with Crippen molar-refractivity contribution >= 4 is 26.6 Å². The fourth-order valence-electron chi connectivity index (χ4n) is 1.72. The van der Waals surface area contributed by atoms with Gasteiger partial charge in [-0.05, 0) is 26.3 Å². The Balaban J connectivity index is 2.61. The molecule has 0 aliphatic carbocycles. The quantitative estimate of drug-likeness (QED) is 0.908. The molecule has 1 N–H and O–H groups in total. The summed E-state index contributed by atoms with van der Waals surface area (Å²) < 4.78 is 0.952. The molecule has 0 bridgehead atoms. The Kier molecular flexibility index (Phi) is 3.38. The van der Waals surface area contributed by atoms with Gasteiger partial charge in [-0.3, -0.25) is 9.78 Å². The molecule has 4 nitrogen and oxygen atoms in total. The summed E-state index contributed by atoms with van der Waals surface area (Å²) in [6, 6.07) is 1.94. The maximum atomic E-state index is 11.9. The van der Waals surface area contributed by atoms with E-state index in [-0.39, 0.29) is 5.56 Å². The van der Waals surface area contributed by atoms with E-state index < -0.39 is 0 Å². The van der Waals surface area contributed by atoms with Gasteiger partial charge in [-0.2, -0.15) is 4.98 Å². The first kappa shape index (κ1) is 12.0. The van der Waals surface area contributed by atoms with Crippen LogP contribution in [0.15, 0.2) is 10.9 Å². The molecule has 0 aromatic carbocycles. The van der Waals surface area contributed by atoms with Crippen molar-refractivity contribution in [3.05, 3.63) is 27.8 Å². The molecule has 0 radical (unpaired) electrons. The normalized spacial score (nSPS) is 10.8. The average molecular weight is 249 g/mol. The van der Waals surface area contributed by atoms with Gasteiger partial charge in [0.15, 0.2) is 5.13 Å². The van der Waals surface area contributed by atoms with Gasteiger partial charge in [0.05, 0.1) is 11.1 Å². The smallest absolute Gasteiger partial charge is 0.282 e. The van der Waals surface area contributed by atoms with Crippen LogP contribution in [-0.4, -0.2) is 16.5 Å². The summed E-state index contributed by atoms with van der Waals surface area (Å²) in [5.41, 5.74) is 1.50. The van der Waals surface area contributed by atoms with E-state index in [1.54, 1.807) is 0 Å². The van der Waals surface area contributed by atoms with Crippen LogP contribution in [0.2, 0.25) is 0 Å². The molecule has 90 valence electrons. The van der Waals surface area contributed by atoms with Crippen LogP contribution in [-0.2, 0) is 0 Å². The molecule has 0 aliphatic heterocycles. The molecule has 0 saturated heterocycles. The van der Waals surface area contributed by atoms with Crippen LogP contribution in [0.5, 0.6) is 0 Å². The van der Waals surface area contributed by atoms with Gasteiger partial charge in [0.1, 0.15) is 0 Å². The largest absolute Gasteiger partial charge is 0.361 e. The third-order valence-corrected chi connectivity index (χ3v) is 3.41. The van der Waals surface area contributed by atoms with E-state index in [0.717, 1.165) is 29.1 Å². The Bertz CT molecular complexity index is 606. The molecular weight excluding hydrogens is 234 g/mol. The number of nitrogens with zero attached hydrogens (tertiary/aromatic N) is 2. The minimum atomic E-state index is -0.192. The van der Waals surface area contributed by atoms with Gasteiger partial charge in [0.2, 0.25) is 0 Å². The molecule has 0 amide bonds. The van der Waals surface area contributed by atoms with Crippen molar-refractivity contribution in [2.45, 2.75) is 27.2 Å². The molecule has 0 atom stereocenters. The number of rotatable bonds is 3. The lowest BCUT2D eigenvalue weighted by Gasteiger charge is -2.05. The van der Waals surface area contributed by atoms with E-state index in [1.807, 2.05) is 19.9 Å². The molecule has 5 heteroatoms. The lowest BCUT2D eigenvalue weighted by Crippen LogP contribution is -2.11. The van der Waals surface area contributed by atoms with Gasteiger partial charge in [-0.1, -0.05) is 18.3 Å². The Morgan fingerprint density at radius 3 is 2.82 bits per heavy atom. The topological polar surface area (TPSA) is 54.9 Å². The predicted octanol–water partition coefficient (Wildman–Crippen LogP) is 2.49. The van der Waals surface area contributed by atoms with Crippen molar-refractivity contribution in [3.63, 3.8) is 0 Å². The molecule has 0 aliphatic rings. The summed E-state index contributed by atoms with van der Waals surface area (Å²) in [5, 5.41) is 4.48. The number of anilines is 1. The lowest BCUT2D eigenvalue weighted by atomic mass is 10.2. The zero-order chi connectivity index (χ0) is 12.4. The van der Waals surface area contributed by atoms with Gasteiger partial charge < -0.3 is 5.32 Å². The molecule has 0 spiro atoms. The Morgan fingerprint density at radius 1 is 1.35 bits per heavy atom. The fraction of sp³-hybridized carbons (Fsp3) is 0.417. The minimum absolute atomic E-state index is 0.192. The van der Waals surface area contributed by atoms with Crippen LogP contribution in [0.4, 0.5) is 5.13 Å². The number of aromatic nitrogens is 2. The monoisotopic (exact) mass is 249 g/mol. The Labute approximate surface area is 104 Å². The van der Waals surface area contributed by atoms with Crippen molar-refractivity contribution in [3.8, 4) is 0 Å². The van der Waals surface area contributed by atoms with Crippen molar-refractivity contribution < 1.29 is 0 Å². The number of aryl methyl sites for hydroxylation is 2. The zero-order valence-corrected chi connectivity index (χ0v) is 11.0. The van der Waals surface area contributed by atoms with Crippen LogP contribution in [0, 0.1) is 13.8 Å². The molecule has 2 aromatic heterocycles. The summed E-state index contributed by atoms with van der Waals surface area (Å²) in [6.07, 6.45) is 1.01. The van der Waals surface area contributed by atoms with Gasteiger partial charge in [-0.15, -0.1) is 0 Å². The molecule has 17 heavy (non-hydrogen) atoms. The van der Waals surface area contributed by atoms with Gasteiger partial charge >= 0.3 is 0 Å². The predicted molar refractivity (Wildman–Crippen MR) is 71.9 cm³/mol. The minimum Gasteiger partial charge on any atom is -0.361 e. The maximum absolute atomic E-state index is 11.9. The number of pyridine rings is 1. The second-order valence-corrected chi connectivity index (χ2v) is 5.00.